The van der Waals surface area contributed by atoms with Crippen molar-refractivity contribution in [3.05, 3.63) is 85.1 Å². The van der Waals surface area contributed by atoms with E-state index in [0.717, 1.165) is 11.3 Å². The maximum atomic E-state index is 11.5. The van der Waals surface area contributed by atoms with Gasteiger partial charge in [-0.05, 0) is 50.8 Å². The van der Waals surface area contributed by atoms with Crippen LogP contribution >= 0.6 is 0 Å². The number of nitrogens with one attached hydrogen (secondary N) is 3. The summed E-state index contributed by atoms with van der Waals surface area (Å²) in [5.74, 6) is 0.677. The van der Waals surface area contributed by atoms with E-state index in [1.54, 1.807) is 12.3 Å². The predicted octanol–water partition coefficient (Wildman–Crippen LogP) is 6.77. The molecule has 0 radical (unpaired) electrons. The number of allylic oxidation sites excluding steroid dienone is 5. The monoisotopic (exact) mass is 436 g/mol. The summed E-state index contributed by atoms with van der Waals surface area (Å²) in [6, 6.07) is 10.3. The molecule has 2 aromatic heterocycles. The van der Waals surface area contributed by atoms with Gasteiger partial charge >= 0.3 is 6.09 Å². The molecule has 3 N–H and O–H groups in total. The van der Waals surface area contributed by atoms with E-state index >= 15 is 0 Å². The van der Waals surface area contributed by atoms with Gasteiger partial charge in [-0.3, -0.25) is 0 Å². The van der Waals surface area contributed by atoms with Crippen LogP contribution in [0.4, 0.5) is 4.79 Å². The fraction of sp³-hybridized carbons (Fsp3) is 0.308. The molecule has 0 atom stereocenters. The van der Waals surface area contributed by atoms with Gasteiger partial charge in [0.1, 0.15) is 11.4 Å². The van der Waals surface area contributed by atoms with Gasteiger partial charge in [0, 0.05) is 11.7 Å². The fourth-order valence-corrected chi connectivity index (χ4v) is 2.49. The Labute approximate surface area is 191 Å². The van der Waals surface area contributed by atoms with E-state index in [-0.39, 0.29) is 0 Å². The van der Waals surface area contributed by atoms with Crippen molar-refractivity contribution in [2.75, 3.05) is 0 Å². The van der Waals surface area contributed by atoms with Gasteiger partial charge < -0.3 is 20.0 Å². The first-order valence-corrected chi connectivity index (χ1v) is 10.8. The zero-order valence-electron chi connectivity index (χ0n) is 20.0. The first-order chi connectivity index (χ1) is 15.3. The van der Waals surface area contributed by atoms with Crippen molar-refractivity contribution >= 4 is 22.6 Å². The molecular weight excluding hydrogens is 400 g/mol. The van der Waals surface area contributed by atoms with Crippen LogP contribution < -0.4 is 5.32 Å². The summed E-state index contributed by atoms with van der Waals surface area (Å²) in [5.41, 5.74) is 2.65. The Kier molecular flexibility index (Phi) is 11.3. The van der Waals surface area contributed by atoms with Gasteiger partial charge in [0.2, 0.25) is 0 Å². The van der Waals surface area contributed by atoms with E-state index in [1.165, 1.54) is 10.9 Å². The smallest absolute Gasteiger partial charge is 0.408 e. The molecule has 0 fully saturated rings. The summed E-state index contributed by atoms with van der Waals surface area (Å²) in [6.45, 7) is 15.4. The lowest BCUT2D eigenvalue weighted by Crippen LogP contribution is -2.32. The minimum Gasteiger partial charge on any atom is -0.444 e. The van der Waals surface area contributed by atoms with Crippen LogP contribution in [0.15, 0.2) is 73.6 Å². The molecule has 0 aliphatic heterocycles. The Morgan fingerprint density at radius 1 is 1.19 bits per heavy atom. The van der Waals surface area contributed by atoms with Gasteiger partial charge in [-0.2, -0.15) is 0 Å². The van der Waals surface area contributed by atoms with Gasteiger partial charge in [-0.25, -0.2) is 9.78 Å². The number of benzene rings is 1. The van der Waals surface area contributed by atoms with Crippen molar-refractivity contribution in [2.45, 2.75) is 53.7 Å². The van der Waals surface area contributed by atoms with E-state index in [1.807, 2.05) is 78.1 Å². The number of fused-ring (bicyclic) bond motifs is 1. The van der Waals surface area contributed by atoms with Crippen LogP contribution in [0.1, 0.15) is 53.1 Å². The van der Waals surface area contributed by atoms with Crippen molar-refractivity contribution in [2.24, 2.45) is 0 Å². The van der Waals surface area contributed by atoms with Crippen molar-refractivity contribution in [3.8, 4) is 0 Å². The second-order valence-corrected chi connectivity index (χ2v) is 7.63. The molecule has 6 heteroatoms. The SMILES string of the molecule is C=C/C=C\C=C(/C)c1cnc(CNC(=O)OC(C)(C)C)[nH]1.CC.c1ccc2[nH]ccc2c1. The topological polar surface area (TPSA) is 82.8 Å². The standard InChI is InChI=1S/C16H23N3O2.C8H7N.C2H6/c1-6-7-8-9-12(2)13-10-17-14(19-13)11-18-15(20)21-16(3,4)5;1-2-4-8-7(3-1)5-6-9-8;1-2/h6-10H,1,11H2,2-5H3,(H,17,19)(H,18,20);1-6,9H;1-2H3/b8-7-,12-9+;;. The number of carbonyl (C=O) groups excluding carboxylic acids is 1. The highest BCUT2D eigenvalue weighted by atomic mass is 16.6. The number of ether oxygens (including phenoxy) is 1. The number of hydrogen-bond acceptors (Lipinski definition) is 3. The van der Waals surface area contributed by atoms with Crippen LogP contribution in [0, 0.1) is 0 Å². The molecular formula is C26H36N4O2. The lowest BCUT2D eigenvalue weighted by atomic mass is 10.2. The minimum atomic E-state index is -0.505. The number of amides is 1. The Balaban J connectivity index is 0.000000380. The van der Waals surface area contributed by atoms with Crippen molar-refractivity contribution in [3.63, 3.8) is 0 Å². The van der Waals surface area contributed by atoms with Crippen molar-refractivity contribution in [1.29, 1.82) is 0 Å². The molecule has 1 aromatic carbocycles. The zero-order chi connectivity index (χ0) is 24.0. The first kappa shape index (κ1) is 26.5. The quantitative estimate of drug-likeness (QED) is 0.386. The Morgan fingerprint density at radius 3 is 2.56 bits per heavy atom. The number of aromatic nitrogens is 3. The molecule has 2 heterocycles. The highest BCUT2D eigenvalue weighted by molar-refractivity contribution is 5.78. The lowest BCUT2D eigenvalue weighted by molar-refractivity contribution is 0.0522. The van der Waals surface area contributed by atoms with Gasteiger partial charge in [-0.1, -0.05) is 62.9 Å². The van der Waals surface area contributed by atoms with Gasteiger partial charge in [0.15, 0.2) is 0 Å². The molecule has 0 bridgehead atoms. The Hall–Kier alpha value is -3.54. The molecule has 0 saturated heterocycles. The van der Waals surface area contributed by atoms with E-state index in [0.29, 0.717) is 12.4 Å². The molecule has 0 spiro atoms. The first-order valence-electron chi connectivity index (χ1n) is 10.8. The predicted molar refractivity (Wildman–Crippen MR) is 134 cm³/mol. The van der Waals surface area contributed by atoms with Crippen molar-refractivity contribution < 1.29 is 9.53 Å². The maximum absolute atomic E-state index is 11.5. The minimum absolute atomic E-state index is 0.296. The molecule has 0 aliphatic carbocycles. The average molecular weight is 437 g/mol. The molecule has 172 valence electrons. The lowest BCUT2D eigenvalue weighted by Gasteiger charge is -2.19. The number of H-pyrrole nitrogens is 2. The molecule has 6 nitrogen and oxygen atoms in total. The molecule has 1 amide bonds. The fourth-order valence-electron chi connectivity index (χ4n) is 2.49. The maximum Gasteiger partial charge on any atom is 0.408 e. The Bertz CT molecular complexity index is 990. The number of alkyl carbamates (subject to hydrolysis) is 1. The van der Waals surface area contributed by atoms with Crippen LogP contribution in [0.3, 0.4) is 0 Å². The second kappa shape index (κ2) is 13.7. The van der Waals surface area contributed by atoms with Crippen LogP contribution in [0.25, 0.3) is 16.5 Å². The number of rotatable bonds is 5. The summed E-state index contributed by atoms with van der Waals surface area (Å²) < 4.78 is 5.16. The molecule has 0 unspecified atom stereocenters. The molecule has 3 aromatic rings. The highest BCUT2D eigenvalue weighted by Gasteiger charge is 2.16. The Morgan fingerprint density at radius 2 is 1.91 bits per heavy atom. The number of hydrogen-bond donors (Lipinski definition) is 3. The molecule has 3 rings (SSSR count). The van der Waals surface area contributed by atoms with Gasteiger partial charge in [-0.15, -0.1) is 0 Å². The summed E-state index contributed by atoms with van der Waals surface area (Å²) in [7, 11) is 0. The van der Waals surface area contributed by atoms with E-state index in [9.17, 15) is 4.79 Å². The largest absolute Gasteiger partial charge is 0.444 e. The number of carbonyl (C=O) groups is 1. The van der Waals surface area contributed by atoms with Crippen molar-refractivity contribution in [1.82, 2.24) is 20.3 Å². The second-order valence-electron chi connectivity index (χ2n) is 7.63. The van der Waals surface area contributed by atoms with E-state index < -0.39 is 11.7 Å². The van der Waals surface area contributed by atoms with Crippen LogP contribution in [-0.2, 0) is 11.3 Å². The van der Waals surface area contributed by atoms with E-state index in [2.05, 4.69) is 45.0 Å². The third-order valence-corrected chi connectivity index (χ3v) is 3.91. The molecule has 0 saturated carbocycles. The summed E-state index contributed by atoms with van der Waals surface area (Å²) in [4.78, 5) is 22.0. The normalized spacial score (nSPS) is 11.2. The summed E-state index contributed by atoms with van der Waals surface area (Å²) >= 11 is 0. The number of imidazole rings is 1. The summed E-state index contributed by atoms with van der Waals surface area (Å²) in [6.07, 6.45) is 10.7. The van der Waals surface area contributed by atoms with Crippen LogP contribution in [0.5, 0.6) is 0 Å². The van der Waals surface area contributed by atoms with Gasteiger partial charge in [0.25, 0.3) is 0 Å². The molecule has 32 heavy (non-hydrogen) atoms. The number of nitrogens with zero attached hydrogens (tertiary/aromatic N) is 1. The third-order valence-electron chi connectivity index (χ3n) is 3.91. The van der Waals surface area contributed by atoms with E-state index in [4.69, 9.17) is 4.74 Å². The van der Waals surface area contributed by atoms with Crippen LogP contribution in [0.2, 0.25) is 0 Å². The number of aromatic amines is 2. The highest BCUT2D eigenvalue weighted by Crippen LogP contribution is 2.12. The summed E-state index contributed by atoms with van der Waals surface area (Å²) in [5, 5.41) is 3.93. The molecule has 0 aliphatic rings. The number of para-hydroxylation sites is 1. The zero-order valence-corrected chi connectivity index (χ0v) is 20.0. The van der Waals surface area contributed by atoms with Crippen LogP contribution in [-0.4, -0.2) is 26.6 Å². The van der Waals surface area contributed by atoms with Gasteiger partial charge in [0.05, 0.1) is 18.4 Å². The average Bonchev–Trinajstić information content (AvgIpc) is 3.43. The third kappa shape index (κ3) is 9.98.